The minimum atomic E-state index is -0.413. The largest absolute Gasteiger partial charge is 0.497 e. The Bertz CT molecular complexity index is 1090. The van der Waals surface area contributed by atoms with Gasteiger partial charge in [-0.05, 0) is 24.7 Å². The number of hydrogen-bond acceptors (Lipinski definition) is 7. The quantitative estimate of drug-likeness (QED) is 0.600. The number of nitrogens with zero attached hydrogens (tertiary/aromatic N) is 3. The molecule has 8 nitrogen and oxygen atoms in total. The number of hydrogen-bond donors (Lipinski definition) is 0. The van der Waals surface area contributed by atoms with E-state index in [-0.39, 0.29) is 5.91 Å². The number of piperazine rings is 1. The molecule has 8 heteroatoms. The third-order valence-corrected chi connectivity index (χ3v) is 6.20. The van der Waals surface area contributed by atoms with E-state index in [4.69, 9.17) is 14.2 Å². The van der Waals surface area contributed by atoms with E-state index in [1.807, 2.05) is 23.1 Å². The average molecular weight is 452 g/mol. The molecule has 1 saturated heterocycles. The summed E-state index contributed by atoms with van der Waals surface area (Å²) in [5, 5.41) is 0. The first-order valence-electron chi connectivity index (χ1n) is 11.0. The van der Waals surface area contributed by atoms with Gasteiger partial charge < -0.3 is 24.0 Å². The van der Waals surface area contributed by atoms with Crippen LogP contribution >= 0.6 is 0 Å². The molecule has 2 aliphatic heterocycles. The SMILES string of the molecule is CCN1CCN(C2=C(c3ccccc3OC)C(=O)N(c3cc(OC)ccc3OC)C2=O)CC1. The molecule has 0 N–H and O–H groups in total. The molecule has 4 rings (SSSR count). The molecule has 2 aromatic carbocycles. The molecular formula is C25H29N3O5. The third kappa shape index (κ3) is 4.02. The number of anilines is 1. The fourth-order valence-electron chi connectivity index (χ4n) is 4.38. The van der Waals surface area contributed by atoms with Crippen LogP contribution in [0.3, 0.4) is 0 Å². The van der Waals surface area contributed by atoms with Crippen LogP contribution in [0.4, 0.5) is 5.69 Å². The molecule has 0 spiro atoms. The first-order chi connectivity index (χ1) is 16.0. The Morgan fingerprint density at radius 2 is 1.52 bits per heavy atom. The minimum Gasteiger partial charge on any atom is -0.497 e. The highest BCUT2D eigenvalue weighted by Gasteiger charge is 2.44. The molecule has 0 atom stereocenters. The van der Waals surface area contributed by atoms with E-state index in [1.54, 1.807) is 31.4 Å². The van der Waals surface area contributed by atoms with Crippen molar-refractivity contribution < 1.29 is 23.8 Å². The molecule has 2 amide bonds. The van der Waals surface area contributed by atoms with Crippen LogP contribution in [0.2, 0.25) is 0 Å². The molecule has 1 fully saturated rings. The van der Waals surface area contributed by atoms with Gasteiger partial charge in [-0.1, -0.05) is 25.1 Å². The van der Waals surface area contributed by atoms with Crippen LogP contribution in [0.1, 0.15) is 12.5 Å². The molecule has 0 radical (unpaired) electrons. The summed E-state index contributed by atoms with van der Waals surface area (Å²) < 4.78 is 16.4. The summed E-state index contributed by atoms with van der Waals surface area (Å²) in [7, 11) is 4.61. The fourth-order valence-corrected chi connectivity index (χ4v) is 4.38. The number of benzene rings is 2. The zero-order valence-corrected chi connectivity index (χ0v) is 19.5. The predicted octanol–water partition coefficient (Wildman–Crippen LogP) is 2.63. The van der Waals surface area contributed by atoms with Crippen molar-refractivity contribution >= 4 is 23.1 Å². The molecule has 0 unspecified atom stereocenters. The highest BCUT2D eigenvalue weighted by Crippen LogP contribution is 2.42. The van der Waals surface area contributed by atoms with Crippen molar-refractivity contribution in [3.8, 4) is 17.2 Å². The van der Waals surface area contributed by atoms with Crippen LogP contribution in [-0.2, 0) is 9.59 Å². The Balaban J connectivity index is 1.85. The molecule has 2 heterocycles. The van der Waals surface area contributed by atoms with Gasteiger partial charge in [0.05, 0.1) is 32.6 Å². The van der Waals surface area contributed by atoms with Gasteiger partial charge in [-0.15, -0.1) is 0 Å². The van der Waals surface area contributed by atoms with Crippen LogP contribution in [0.15, 0.2) is 48.2 Å². The lowest BCUT2D eigenvalue weighted by molar-refractivity contribution is -0.120. The summed E-state index contributed by atoms with van der Waals surface area (Å²) in [5.74, 6) is 0.684. The molecular weight excluding hydrogens is 422 g/mol. The Morgan fingerprint density at radius 3 is 2.15 bits per heavy atom. The molecule has 0 aromatic heterocycles. The second-order valence-electron chi connectivity index (χ2n) is 7.83. The van der Waals surface area contributed by atoms with Crippen molar-refractivity contribution in [2.75, 3.05) is 59.0 Å². The minimum absolute atomic E-state index is 0.340. The molecule has 2 aromatic rings. The Hall–Kier alpha value is -3.52. The summed E-state index contributed by atoms with van der Waals surface area (Å²) in [6, 6.07) is 12.3. The lowest BCUT2D eigenvalue weighted by Gasteiger charge is -2.36. The van der Waals surface area contributed by atoms with E-state index >= 15 is 0 Å². The predicted molar refractivity (Wildman–Crippen MR) is 126 cm³/mol. The Labute approximate surface area is 193 Å². The van der Waals surface area contributed by atoms with Gasteiger partial charge in [0.25, 0.3) is 11.8 Å². The molecule has 0 aliphatic carbocycles. The van der Waals surface area contributed by atoms with Gasteiger partial charge in [-0.3, -0.25) is 9.59 Å². The maximum Gasteiger partial charge on any atom is 0.282 e. The van der Waals surface area contributed by atoms with E-state index in [0.717, 1.165) is 19.6 Å². The van der Waals surface area contributed by atoms with Gasteiger partial charge in [0.15, 0.2) is 0 Å². The van der Waals surface area contributed by atoms with Crippen LogP contribution in [-0.4, -0.2) is 75.7 Å². The second kappa shape index (κ2) is 9.54. The van der Waals surface area contributed by atoms with Gasteiger partial charge in [0, 0.05) is 37.8 Å². The number of carbonyl (C=O) groups is 2. The number of likely N-dealkylation sites (N-methyl/N-ethyl adjacent to an activating group) is 1. The number of ether oxygens (including phenoxy) is 3. The monoisotopic (exact) mass is 451 g/mol. The van der Waals surface area contributed by atoms with E-state index < -0.39 is 5.91 Å². The van der Waals surface area contributed by atoms with Crippen LogP contribution in [0.25, 0.3) is 5.57 Å². The average Bonchev–Trinajstić information content (AvgIpc) is 3.12. The van der Waals surface area contributed by atoms with Gasteiger partial charge in [0.2, 0.25) is 0 Å². The summed E-state index contributed by atoms with van der Waals surface area (Å²) in [5.41, 5.74) is 1.68. The smallest absolute Gasteiger partial charge is 0.282 e. The van der Waals surface area contributed by atoms with Crippen LogP contribution < -0.4 is 19.1 Å². The molecule has 33 heavy (non-hydrogen) atoms. The molecule has 0 bridgehead atoms. The van der Waals surface area contributed by atoms with E-state index in [2.05, 4.69) is 11.8 Å². The molecule has 2 aliphatic rings. The lowest BCUT2D eigenvalue weighted by atomic mass is 10.0. The highest BCUT2D eigenvalue weighted by molar-refractivity contribution is 6.46. The standard InChI is InChI=1S/C25H29N3O5/c1-5-26-12-14-27(15-13-26)23-22(18-8-6-7-9-20(18)32-3)24(29)28(25(23)30)19-16-17(31-2)10-11-21(19)33-4/h6-11,16H,5,12-15H2,1-4H3. The Kier molecular flexibility index (Phi) is 6.55. The van der Waals surface area contributed by atoms with Crippen molar-refractivity contribution in [2.45, 2.75) is 6.92 Å². The summed E-state index contributed by atoms with van der Waals surface area (Å²) in [6.07, 6.45) is 0. The van der Waals surface area contributed by atoms with E-state index in [0.29, 0.717) is 52.9 Å². The highest BCUT2D eigenvalue weighted by atomic mass is 16.5. The van der Waals surface area contributed by atoms with E-state index in [1.165, 1.54) is 19.1 Å². The maximum absolute atomic E-state index is 13.9. The number of rotatable bonds is 7. The maximum atomic E-state index is 13.9. The third-order valence-electron chi connectivity index (χ3n) is 6.20. The number of methoxy groups -OCH3 is 3. The lowest BCUT2D eigenvalue weighted by Crippen LogP contribution is -2.47. The molecule has 174 valence electrons. The van der Waals surface area contributed by atoms with Gasteiger partial charge in [-0.2, -0.15) is 0 Å². The number of imide groups is 1. The zero-order chi connectivity index (χ0) is 23.5. The first-order valence-corrected chi connectivity index (χ1v) is 11.0. The summed E-state index contributed by atoms with van der Waals surface area (Å²) >= 11 is 0. The fraction of sp³-hybridized carbons (Fsp3) is 0.360. The van der Waals surface area contributed by atoms with Crippen LogP contribution in [0, 0.1) is 0 Å². The van der Waals surface area contributed by atoms with Crippen molar-refractivity contribution in [1.82, 2.24) is 9.80 Å². The van der Waals surface area contributed by atoms with Crippen LogP contribution in [0.5, 0.6) is 17.2 Å². The second-order valence-corrected chi connectivity index (χ2v) is 7.83. The Morgan fingerprint density at radius 1 is 0.818 bits per heavy atom. The van der Waals surface area contributed by atoms with Gasteiger partial charge in [0.1, 0.15) is 22.9 Å². The zero-order valence-electron chi connectivity index (χ0n) is 19.5. The van der Waals surface area contributed by atoms with Crippen molar-refractivity contribution in [2.24, 2.45) is 0 Å². The van der Waals surface area contributed by atoms with Crippen molar-refractivity contribution in [3.63, 3.8) is 0 Å². The number of para-hydroxylation sites is 1. The number of amides is 2. The topological polar surface area (TPSA) is 71.6 Å². The summed E-state index contributed by atoms with van der Waals surface area (Å²) in [6.45, 7) is 6.03. The first kappa shape index (κ1) is 22.7. The van der Waals surface area contributed by atoms with Gasteiger partial charge >= 0.3 is 0 Å². The normalized spacial score (nSPS) is 17.1. The summed E-state index contributed by atoms with van der Waals surface area (Å²) in [4.78, 5) is 33.3. The van der Waals surface area contributed by atoms with Gasteiger partial charge in [-0.25, -0.2) is 4.90 Å². The van der Waals surface area contributed by atoms with Crippen molar-refractivity contribution in [3.05, 3.63) is 53.7 Å². The molecule has 0 saturated carbocycles. The van der Waals surface area contributed by atoms with Crippen molar-refractivity contribution in [1.29, 1.82) is 0 Å². The van der Waals surface area contributed by atoms with E-state index in [9.17, 15) is 9.59 Å². The number of carbonyl (C=O) groups excluding carboxylic acids is 2.